The summed E-state index contributed by atoms with van der Waals surface area (Å²) in [6, 6.07) is 4.57. The molecular weight excluding hydrogens is 363 g/mol. The standard InChI is InChI=1S/C24H27BO2S/c1-14-11-19(25-26-23(3,4)24(5,6)27-25)21-18-13-16-9-7-8-10-17(16)15(2)22(18)28-20(21)12-14/h7-13,15,17H,1-6H3. The van der Waals surface area contributed by atoms with E-state index >= 15 is 0 Å². The lowest BCUT2D eigenvalue weighted by atomic mass is 9.72. The lowest BCUT2D eigenvalue weighted by molar-refractivity contribution is 0.00578. The van der Waals surface area contributed by atoms with Gasteiger partial charge in [0.25, 0.3) is 0 Å². The minimum Gasteiger partial charge on any atom is -0.399 e. The molecule has 0 amide bonds. The third-order valence-electron chi connectivity index (χ3n) is 6.91. The molecule has 1 saturated heterocycles. The Kier molecular flexibility index (Phi) is 3.91. The number of benzene rings is 1. The molecule has 1 aliphatic heterocycles. The fraction of sp³-hybridized carbons (Fsp3) is 0.417. The highest BCUT2D eigenvalue weighted by Crippen LogP contribution is 2.48. The molecule has 0 saturated carbocycles. The third-order valence-corrected chi connectivity index (χ3v) is 8.26. The summed E-state index contributed by atoms with van der Waals surface area (Å²) in [5.74, 6) is 0.965. The maximum Gasteiger partial charge on any atom is 0.495 e. The molecule has 4 heteroatoms. The van der Waals surface area contributed by atoms with E-state index < -0.39 is 0 Å². The Morgan fingerprint density at radius 1 is 1.04 bits per heavy atom. The number of hydrogen-bond acceptors (Lipinski definition) is 3. The molecule has 0 bridgehead atoms. The van der Waals surface area contributed by atoms with Crippen molar-refractivity contribution in [2.45, 2.75) is 58.7 Å². The predicted octanol–water partition coefficient (Wildman–Crippen LogP) is 5.75. The van der Waals surface area contributed by atoms with Gasteiger partial charge in [0.05, 0.1) is 11.2 Å². The molecule has 144 valence electrons. The fourth-order valence-electron chi connectivity index (χ4n) is 4.59. The van der Waals surface area contributed by atoms with Gasteiger partial charge < -0.3 is 9.31 Å². The highest BCUT2D eigenvalue weighted by Gasteiger charge is 2.52. The van der Waals surface area contributed by atoms with Crippen molar-refractivity contribution in [2.24, 2.45) is 5.92 Å². The fourth-order valence-corrected chi connectivity index (χ4v) is 6.00. The maximum absolute atomic E-state index is 6.44. The van der Waals surface area contributed by atoms with Crippen molar-refractivity contribution in [2.75, 3.05) is 0 Å². The second kappa shape index (κ2) is 5.95. The predicted molar refractivity (Wildman–Crippen MR) is 120 cm³/mol. The normalized spacial score (nSPS) is 27.1. The van der Waals surface area contributed by atoms with E-state index in [2.05, 4.69) is 84.1 Å². The number of fused-ring (bicyclic) bond motifs is 4. The summed E-state index contributed by atoms with van der Waals surface area (Å²) in [6.45, 7) is 13.0. The van der Waals surface area contributed by atoms with Crippen LogP contribution in [0.2, 0.25) is 0 Å². The van der Waals surface area contributed by atoms with E-state index in [0.717, 1.165) is 0 Å². The van der Waals surface area contributed by atoms with Crippen molar-refractivity contribution in [1.82, 2.24) is 0 Å². The quantitative estimate of drug-likeness (QED) is 0.577. The second-order valence-electron chi connectivity index (χ2n) is 9.40. The zero-order valence-electron chi connectivity index (χ0n) is 17.5. The zero-order valence-corrected chi connectivity index (χ0v) is 18.3. The molecule has 28 heavy (non-hydrogen) atoms. The molecule has 0 N–H and O–H groups in total. The Hall–Kier alpha value is -1.62. The van der Waals surface area contributed by atoms with Gasteiger partial charge in [-0.3, -0.25) is 0 Å². The summed E-state index contributed by atoms with van der Waals surface area (Å²) >= 11 is 1.94. The van der Waals surface area contributed by atoms with Crippen LogP contribution in [-0.4, -0.2) is 18.3 Å². The first-order valence-electron chi connectivity index (χ1n) is 10.2. The minimum atomic E-state index is -0.336. The lowest BCUT2D eigenvalue weighted by Crippen LogP contribution is -2.41. The molecule has 2 unspecified atom stereocenters. The van der Waals surface area contributed by atoms with Crippen molar-refractivity contribution >= 4 is 40.1 Å². The van der Waals surface area contributed by atoms with Crippen molar-refractivity contribution in [3.05, 3.63) is 58.0 Å². The van der Waals surface area contributed by atoms with Crippen molar-refractivity contribution in [1.29, 1.82) is 0 Å². The SMILES string of the molecule is Cc1cc(B2OC(C)(C)C(C)(C)O2)c2c3c(sc2c1)C(C)C1C=CC=CC1=C3. The van der Waals surface area contributed by atoms with E-state index in [1.54, 1.807) is 0 Å². The van der Waals surface area contributed by atoms with Crippen LogP contribution in [0.4, 0.5) is 0 Å². The van der Waals surface area contributed by atoms with Crippen molar-refractivity contribution in [3.8, 4) is 0 Å². The van der Waals surface area contributed by atoms with Crippen molar-refractivity contribution in [3.63, 3.8) is 0 Å². The highest BCUT2D eigenvalue weighted by molar-refractivity contribution is 7.19. The first-order valence-corrected chi connectivity index (χ1v) is 11.0. The van der Waals surface area contributed by atoms with Gasteiger partial charge >= 0.3 is 7.12 Å². The van der Waals surface area contributed by atoms with Crippen LogP contribution in [-0.2, 0) is 9.31 Å². The summed E-state index contributed by atoms with van der Waals surface area (Å²) in [7, 11) is -0.334. The number of thiophene rings is 1. The Bertz CT molecular complexity index is 1050. The van der Waals surface area contributed by atoms with Gasteiger partial charge in [-0.1, -0.05) is 42.9 Å². The number of allylic oxidation sites excluding steroid dienone is 5. The molecule has 5 rings (SSSR count). The summed E-state index contributed by atoms with van der Waals surface area (Å²) in [5.41, 5.74) is 4.53. The van der Waals surface area contributed by atoms with Crippen LogP contribution < -0.4 is 5.46 Å². The van der Waals surface area contributed by atoms with Crippen LogP contribution in [0.5, 0.6) is 0 Å². The van der Waals surface area contributed by atoms with Gasteiger partial charge in [0.2, 0.25) is 0 Å². The average molecular weight is 390 g/mol. The Labute approximate surface area is 172 Å². The molecule has 0 spiro atoms. The molecule has 2 aliphatic carbocycles. The molecule has 1 aromatic heterocycles. The molecule has 0 radical (unpaired) electrons. The Morgan fingerprint density at radius 2 is 1.75 bits per heavy atom. The monoisotopic (exact) mass is 390 g/mol. The van der Waals surface area contributed by atoms with E-state index in [0.29, 0.717) is 11.8 Å². The molecule has 1 fully saturated rings. The summed E-state index contributed by atoms with van der Waals surface area (Å²) in [4.78, 5) is 1.48. The highest BCUT2D eigenvalue weighted by atomic mass is 32.1. The van der Waals surface area contributed by atoms with Crippen LogP contribution in [0.3, 0.4) is 0 Å². The van der Waals surface area contributed by atoms with Crippen LogP contribution in [0.1, 0.15) is 56.5 Å². The molecule has 1 aromatic carbocycles. The largest absolute Gasteiger partial charge is 0.495 e. The Morgan fingerprint density at radius 3 is 2.46 bits per heavy atom. The smallest absolute Gasteiger partial charge is 0.399 e. The first-order chi connectivity index (χ1) is 13.2. The van der Waals surface area contributed by atoms with Gasteiger partial charge in [0.15, 0.2) is 0 Å². The van der Waals surface area contributed by atoms with Crippen LogP contribution in [0, 0.1) is 12.8 Å². The van der Waals surface area contributed by atoms with E-state index in [1.807, 2.05) is 11.3 Å². The summed E-state index contributed by atoms with van der Waals surface area (Å²) in [5, 5.41) is 1.31. The number of rotatable bonds is 1. The van der Waals surface area contributed by atoms with E-state index in [9.17, 15) is 0 Å². The third kappa shape index (κ3) is 2.55. The van der Waals surface area contributed by atoms with Gasteiger partial charge in [0, 0.05) is 21.4 Å². The summed E-state index contributed by atoms with van der Waals surface area (Å²) in [6.07, 6.45) is 11.3. The second-order valence-corrected chi connectivity index (χ2v) is 10.5. The molecular formula is C24H27BO2S. The molecule has 2 atom stereocenters. The topological polar surface area (TPSA) is 18.5 Å². The summed E-state index contributed by atoms with van der Waals surface area (Å²) < 4.78 is 14.2. The van der Waals surface area contributed by atoms with E-state index in [1.165, 1.54) is 37.1 Å². The van der Waals surface area contributed by atoms with E-state index in [-0.39, 0.29) is 18.3 Å². The zero-order chi connectivity index (χ0) is 19.8. The molecule has 2 nitrogen and oxygen atoms in total. The molecule has 3 aliphatic rings. The molecule has 2 heterocycles. The van der Waals surface area contributed by atoms with E-state index in [4.69, 9.17) is 9.31 Å². The van der Waals surface area contributed by atoms with Crippen LogP contribution in [0.15, 0.2) is 42.0 Å². The minimum absolute atomic E-state index is 0.334. The van der Waals surface area contributed by atoms with Crippen LogP contribution >= 0.6 is 11.3 Å². The number of aryl methyl sites for hydroxylation is 1. The van der Waals surface area contributed by atoms with Gasteiger partial charge in [-0.25, -0.2) is 0 Å². The van der Waals surface area contributed by atoms with Crippen molar-refractivity contribution < 1.29 is 9.31 Å². The van der Waals surface area contributed by atoms with Gasteiger partial charge in [-0.2, -0.15) is 0 Å². The maximum atomic E-state index is 6.44. The first kappa shape index (κ1) is 18.4. The van der Waals surface area contributed by atoms with Crippen LogP contribution in [0.25, 0.3) is 16.2 Å². The average Bonchev–Trinajstić information content (AvgIpc) is 3.08. The Balaban J connectivity index is 1.73. The lowest BCUT2D eigenvalue weighted by Gasteiger charge is -2.32. The van der Waals surface area contributed by atoms with Gasteiger partial charge in [-0.15, -0.1) is 11.3 Å². The van der Waals surface area contributed by atoms with Gasteiger partial charge in [-0.05, 0) is 68.7 Å². The number of hydrogen-bond donors (Lipinski definition) is 0. The molecule has 2 aromatic rings. The van der Waals surface area contributed by atoms with Gasteiger partial charge in [0.1, 0.15) is 0 Å².